The number of hydrogen-bond donors (Lipinski definition) is 2. The first-order valence-corrected chi connectivity index (χ1v) is 11.0. The summed E-state index contributed by atoms with van der Waals surface area (Å²) in [5, 5.41) is 18.4. The van der Waals surface area contributed by atoms with Crippen molar-refractivity contribution in [2.45, 2.75) is 24.9 Å². The average Bonchev–Trinajstić information content (AvgIpc) is 3.48. The molecule has 2 aromatic rings. The molecule has 2 aliphatic heterocycles. The molecule has 3 aliphatic rings. The number of thioether (sulfide) groups is 1. The fourth-order valence-corrected chi connectivity index (χ4v) is 6.33. The lowest BCUT2D eigenvalue weighted by atomic mass is 9.67. The minimum absolute atomic E-state index is 0.0835. The van der Waals surface area contributed by atoms with Gasteiger partial charge in [-0.3, -0.25) is 9.89 Å². The van der Waals surface area contributed by atoms with Crippen LogP contribution in [-0.4, -0.2) is 45.0 Å². The smallest absolute Gasteiger partial charge is 0.230 e. The molecule has 0 radical (unpaired) electrons. The third-order valence-electron chi connectivity index (χ3n) is 6.64. The standard InChI is InChI=1S/C22H25N3O2S/c26-21(16-9-20(28-14-16)17-10-23-24-11-17)25-12-15-5-4-8-22(27,19(15)13-25)18-6-2-1-3-7-18/h1-3,6-7,9-11,15-16,19,27H,4-5,8,12-14H2,(H,23,24). The highest BCUT2D eigenvalue weighted by atomic mass is 32.2. The van der Waals surface area contributed by atoms with E-state index >= 15 is 0 Å². The van der Waals surface area contributed by atoms with Crippen LogP contribution in [0.2, 0.25) is 0 Å². The molecule has 0 bridgehead atoms. The number of nitrogens with zero attached hydrogens (tertiary/aromatic N) is 2. The van der Waals surface area contributed by atoms with Gasteiger partial charge in [0.15, 0.2) is 0 Å². The molecule has 1 amide bonds. The molecule has 1 aromatic carbocycles. The number of carbonyl (C=O) groups is 1. The number of carbonyl (C=O) groups excluding carboxylic acids is 1. The van der Waals surface area contributed by atoms with Crippen molar-refractivity contribution in [1.29, 1.82) is 0 Å². The number of aliphatic hydroxyl groups is 1. The van der Waals surface area contributed by atoms with E-state index in [0.29, 0.717) is 12.5 Å². The molecule has 2 fully saturated rings. The van der Waals surface area contributed by atoms with Crippen LogP contribution >= 0.6 is 11.8 Å². The number of benzene rings is 1. The van der Waals surface area contributed by atoms with E-state index in [9.17, 15) is 9.90 Å². The molecule has 1 saturated heterocycles. The zero-order valence-electron chi connectivity index (χ0n) is 15.8. The molecule has 5 rings (SSSR count). The van der Waals surface area contributed by atoms with Gasteiger partial charge in [0.05, 0.1) is 17.7 Å². The van der Waals surface area contributed by atoms with Crippen LogP contribution in [0.1, 0.15) is 30.4 Å². The number of H-pyrrole nitrogens is 1. The normalized spacial score (nSPS) is 32.2. The molecule has 28 heavy (non-hydrogen) atoms. The second-order valence-electron chi connectivity index (χ2n) is 8.23. The first-order valence-electron chi connectivity index (χ1n) is 10.1. The van der Waals surface area contributed by atoms with E-state index in [4.69, 9.17) is 0 Å². The van der Waals surface area contributed by atoms with Gasteiger partial charge in [0.2, 0.25) is 5.91 Å². The highest BCUT2D eigenvalue weighted by molar-refractivity contribution is 8.08. The van der Waals surface area contributed by atoms with Crippen molar-refractivity contribution in [2.75, 3.05) is 18.8 Å². The highest BCUT2D eigenvalue weighted by Crippen LogP contribution is 2.48. The van der Waals surface area contributed by atoms with Gasteiger partial charge < -0.3 is 10.0 Å². The summed E-state index contributed by atoms with van der Waals surface area (Å²) in [6, 6.07) is 10.0. The molecule has 4 unspecified atom stereocenters. The number of aromatic nitrogens is 2. The molecule has 146 valence electrons. The van der Waals surface area contributed by atoms with Crippen LogP contribution in [0.15, 0.2) is 48.8 Å². The Hall–Kier alpha value is -2.05. The van der Waals surface area contributed by atoms with E-state index in [1.807, 2.05) is 41.4 Å². The predicted molar refractivity (Wildman–Crippen MR) is 110 cm³/mol. The largest absolute Gasteiger partial charge is 0.385 e. The van der Waals surface area contributed by atoms with Crippen molar-refractivity contribution < 1.29 is 9.90 Å². The Morgan fingerprint density at radius 1 is 1.29 bits per heavy atom. The minimum atomic E-state index is -0.818. The molecule has 4 atom stereocenters. The van der Waals surface area contributed by atoms with Crippen LogP contribution in [0.5, 0.6) is 0 Å². The quantitative estimate of drug-likeness (QED) is 0.837. The summed E-state index contributed by atoms with van der Waals surface area (Å²) in [5.41, 5.74) is 1.23. The van der Waals surface area contributed by atoms with Gasteiger partial charge >= 0.3 is 0 Å². The Kier molecular flexibility index (Phi) is 4.56. The first-order chi connectivity index (χ1) is 13.6. The van der Waals surface area contributed by atoms with Gasteiger partial charge in [-0.15, -0.1) is 11.8 Å². The zero-order chi connectivity index (χ0) is 19.1. The maximum atomic E-state index is 13.2. The summed E-state index contributed by atoms with van der Waals surface area (Å²) in [4.78, 5) is 16.4. The summed E-state index contributed by atoms with van der Waals surface area (Å²) in [6.45, 7) is 1.43. The number of likely N-dealkylation sites (tertiary alicyclic amines) is 1. The summed E-state index contributed by atoms with van der Waals surface area (Å²) in [6.07, 6.45) is 8.65. The highest BCUT2D eigenvalue weighted by Gasteiger charge is 2.51. The van der Waals surface area contributed by atoms with Crippen LogP contribution in [-0.2, 0) is 10.4 Å². The minimum Gasteiger partial charge on any atom is -0.385 e. The number of aromatic amines is 1. The molecular formula is C22H25N3O2S. The van der Waals surface area contributed by atoms with E-state index in [2.05, 4.69) is 16.3 Å². The van der Waals surface area contributed by atoms with Gasteiger partial charge in [0.1, 0.15) is 0 Å². The number of hydrogen-bond acceptors (Lipinski definition) is 4. The Labute approximate surface area is 169 Å². The molecule has 6 heteroatoms. The van der Waals surface area contributed by atoms with E-state index < -0.39 is 5.60 Å². The average molecular weight is 396 g/mol. The number of amides is 1. The van der Waals surface area contributed by atoms with Gasteiger partial charge in [-0.1, -0.05) is 36.4 Å². The van der Waals surface area contributed by atoms with E-state index in [1.54, 1.807) is 18.0 Å². The molecule has 2 N–H and O–H groups in total. The van der Waals surface area contributed by atoms with Gasteiger partial charge in [-0.2, -0.15) is 5.10 Å². The van der Waals surface area contributed by atoms with Crippen LogP contribution in [0.4, 0.5) is 0 Å². The number of nitrogens with one attached hydrogen (secondary N) is 1. The molecular weight excluding hydrogens is 370 g/mol. The molecule has 1 aliphatic carbocycles. The van der Waals surface area contributed by atoms with Crippen LogP contribution < -0.4 is 0 Å². The predicted octanol–water partition coefficient (Wildman–Crippen LogP) is 3.26. The molecule has 1 saturated carbocycles. The van der Waals surface area contributed by atoms with Crippen molar-refractivity contribution in [2.24, 2.45) is 17.8 Å². The monoisotopic (exact) mass is 395 g/mol. The van der Waals surface area contributed by atoms with Crippen LogP contribution in [0, 0.1) is 17.8 Å². The topological polar surface area (TPSA) is 69.2 Å². The van der Waals surface area contributed by atoms with Crippen molar-refractivity contribution >= 4 is 22.6 Å². The Morgan fingerprint density at radius 3 is 2.93 bits per heavy atom. The van der Waals surface area contributed by atoms with Crippen molar-refractivity contribution in [1.82, 2.24) is 15.1 Å². The summed E-state index contributed by atoms with van der Waals surface area (Å²) < 4.78 is 0. The summed E-state index contributed by atoms with van der Waals surface area (Å²) in [7, 11) is 0. The second-order valence-corrected chi connectivity index (χ2v) is 9.29. The SMILES string of the molecule is O=C(C1C=C(c2cn[nH]c2)SC1)N1CC2CCCC(O)(c3ccccc3)C2C1. The van der Waals surface area contributed by atoms with E-state index in [-0.39, 0.29) is 17.7 Å². The lowest BCUT2D eigenvalue weighted by molar-refractivity contribution is -0.132. The summed E-state index contributed by atoms with van der Waals surface area (Å²) in [5.74, 6) is 1.41. The fourth-order valence-electron chi connectivity index (χ4n) is 5.19. The molecule has 1 aromatic heterocycles. The van der Waals surface area contributed by atoms with Crippen molar-refractivity contribution in [3.8, 4) is 0 Å². The van der Waals surface area contributed by atoms with Crippen LogP contribution in [0.25, 0.3) is 4.91 Å². The Balaban J connectivity index is 1.34. The van der Waals surface area contributed by atoms with E-state index in [0.717, 1.165) is 47.6 Å². The second kappa shape index (κ2) is 7.08. The lowest BCUT2D eigenvalue weighted by Crippen LogP contribution is -2.43. The fraction of sp³-hybridized carbons (Fsp3) is 0.455. The number of rotatable bonds is 3. The van der Waals surface area contributed by atoms with Gasteiger partial charge in [0, 0.05) is 41.4 Å². The maximum absolute atomic E-state index is 13.2. The van der Waals surface area contributed by atoms with Crippen molar-refractivity contribution in [3.05, 3.63) is 59.9 Å². The van der Waals surface area contributed by atoms with Crippen LogP contribution in [0.3, 0.4) is 0 Å². The third kappa shape index (κ3) is 2.99. The molecule has 5 nitrogen and oxygen atoms in total. The van der Waals surface area contributed by atoms with Crippen molar-refractivity contribution in [3.63, 3.8) is 0 Å². The van der Waals surface area contributed by atoms with Gasteiger partial charge in [0.25, 0.3) is 0 Å². The summed E-state index contributed by atoms with van der Waals surface area (Å²) >= 11 is 1.72. The Morgan fingerprint density at radius 2 is 2.14 bits per heavy atom. The molecule has 3 heterocycles. The van der Waals surface area contributed by atoms with Gasteiger partial charge in [-0.25, -0.2) is 0 Å². The number of fused-ring (bicyclic) bond motifs is 1. The van der Waals surface area contributed by atoms with E-state index in [1.165, 1.54) is 0 Å². The third-order valence-corrected chi connectivity index (χ3v) is 7.85. The lowest BCUT2D eigenvalue weighted by Gasteiger charge is -2.41. The first kappa shape index (κ1) is 18.0. The maximum Gasteiger partial charge on any atom is 0.230 e. The Bertz CT molecular complexity index is 882. The zero-order valence-corrected chi connectivity index (χ0v) is 16.6. The van der Waals surface area contributed by atoms with Gasteiger partial charge in [-0.05, 0) is 30.7 Å². The molecule has 0 spiro atoms.